The van der Waals surface area contributed by atoms with Gasteiger partial charge in [0.1, 0.15) is 12.2 Å². The summed E-state index contributed by atoms with van der Waals surface area (Å²) in [4.78, 5) is 22.7. The number of nitrogens with one attached hydrogen (secondary N) is 1. The number of nitrogens with zero attached hydrogens (tertiary/aromatic N) is 1. The number of carbonyl (C=O) groups is 2. The van der Waals surface area contributed by atoms with Gasteiger partial charge < -0.3 is 15.0 Å². The molecule has 1 aromatic carbocycles. The molecule has 0 fully saturated rings. The fourth-order valence-corrected chi connectivity index (χ4v) is 1.74. The molecular formula is C14H14N2O3. The van der Waals surface area contributed by atoms with E-state index in [1.54, 1.807) is 30.5 Å². The molecule has 2 rings (SSSR count). The van der Waals surface area contributed by atoms with Crippen LogP contribution in [0.25, 0.3) is 0 Å². The zero-order valence-electron chi connectivity index (χ0n) is 10.5. The number of hydrogen-bond donors (Lipinski definition) is 2. The molecule has 0 radical (unpaired) electrons. The Morgan fingerprint density at radius 3 is 2.53 bits per heavy atom. The molecule has 0 spiro atoms. The highest BCUT2D eigenvalue weighted by molar-refractivity contribution is 6.03. The van der Waals surface area contributed by atoms with Crippen molar-refractivity contribution in [1.29, 1.82) is 0 Å². The van der Waals surface area contributed by atoms with E-state index in [9.17, 15) is 9.59 Å². The minimum absolute atomic E-state index is 0.232. The quantitative estimate of drug-likeness (QED) is 0.882. The van der Waals surface area contributed by atoms with Crippen molar-refractivity contribution < 1.29 is 14.7 Å². The Morgan fingerprint density at radius 2 is 1.89 bits per heavy atom. The van der Waals surface area contributed by atoms with Crippen LogP contribution in [0.3, 0.4) is 0 Å². The van der Waals surface area contributed by atoms with Crippen molar-refractivity contribution in [3.05, 3.63) is 53.9 Å². The van der Waals surface area contributed by atoms with Crippen molar-refractivity contribution in [2.24, 2.45) is 0 Å². The van der Waals surface area contributed by atoms with E-state index in [0.717, 1.165) is 5.56 Å². The van der Waals surface area contributed by atoms with Crippen LogP contribution in [0.15, 0.2) is 42.6 Å². The van der Waals surface area contributed by atoms with E-state index in [1.165, 1.54) is 4.57 Å². The van der Waals surface area contributed by atoms with Crippen molar-refractivity contribution in [2.45, 2.75) is 13.5 Å². The van der Waals surface area contributed by atoms with Crippen LogP contribution in [0.4, 0.5) is 5.69 Å². The molecule has 5 nitrogen and oxygen atoms in total. The van der Waals surface area contributed by atoms with Gasteiger partial charge in [-0.05, 0) is 31.2 Å². The van der Waals surface area contributed by atoms with Gasteiger partial charge in [-0.15, -0.1) is 0 Å². The monoisotopic (exact) mass is 258 g/mol. The predicted molar refractivity (Wildman–Crippen MR) is 71.2 cm³/mol. The average Bonchev–Trinajstić information content (AvgIpc) is 2.79. The second-order valence-corrected chi connectivity index (χ2v) is 4.24. The molecule has 0 atom stereocenters. The van der Waals surface area contributed by atoms with Crippen LogP contribution in [0.5, 0.6) is 0 Å². The number of aryl methyl sites for hydroxylation is 1. The molecule has 1 amide bonds. The topological polar surface area (TPSA) is 71.3 Å². The van der Waals surface area contributed by atoms with Crippen molar-refractivity contribution in [3.8, 4) is 0 Å². The van der Waals surface area contributed by atoms with Crippen molar-refractivity contribution in [1.82, 2.24) is 4.57 Å². The first-order valence-electron chi connectivity index (χ1n) is 5.81. The highest BCUT2D eigenvalue weighted by Crippen LogP contribution is 2.11. The third kappa shape index (κ3) is 3.22. The summed E-state index contributed by atoms with van der Waals surface area (Å²) >= 11 is 0. The Hall–Kier alpha value is -2.56. The lowest BCUT2D eigenvalue weighted by atomic mass is 10.2. The van der Waals surface area contributed by atoms with Gasteiger partial charge in [0.2, 0.25) is 0 Å². The van der Waals surface area contributed by atoms with Gasteiger partial charge in [-0.2, -0.15) is 0 Å². The molecular weight excluding hydrogens is 244 g/mol. The van der Waals surface area contributed by atoms with Gasteiger partial charge in [-0.1, -0.05) is 17.7 Å². The Labute approximate surface area is 110 Å². The maximum Gasteiger partial charge on any atom is 0.323 e. The van der Waals surface area contributed by atoms with Crippen LogP contribution >= 0.6 is 0 Å². The molecule has 0 saturated carbocycles. The van der Waals surface area contributed by atoms with E-state index in [2.05, 4.69) is 5.32 Å². The smallest absolute Gasteiger partial charge is 0.323 e. The summed E-state index contributed by atoms with van der Waals surface area (Å²) in [6.07, 6.45) is 1.57. The van der Waals surface area contributed by atoms with Gasteiger partial charge in [0.25, 0.3) is 5.91 Å². The molecule has 5 heteroatoms. The third-order valence-electron chi connectivity index (χ3n) is 2.68. The molecule has 0 saturated heterocycles. The summed E-state index contributed by atoms with van der Waals surface area (Å²) in [5, 5.41) is 11.5. The Balaban J connectivity index is 2.14. The van der Waals surface area contributed by atoms with E-state index < -0.39 is 5.97 Å². The van der Waals surface area contributed by atoms with E-state index in [0.29, 0.717) is 11.4 Å². The van der Waals surface area contributed by atoms with E-state index in [-0.39, 0.29) is 12.5 Å². The summed E-state index contributed by atoms with van der Waals surface area (Å²) in [5.74, 6) is -1.31. The number of aromatic nitrogens is 1. The SMILES string of the molecule is Cc1ccc(NC(=O)c2cccn2CC(=O)O)cc1. The fourth-order valence-electron chi connectivity index (χ4n) is 1.74. The van der Waals surface area contributed by atoms with Crippen LogP contribution in [-0.4, -0.2) is 21.6 Å². The highest BCUT2D eigenvalue weighted by Gasteiger charge is 2.12. The molecule has 0 aliphatic heterocycles. The molecule has 0 bridgehead atoms. The number of carboxylic acid groups (broad SMARTS) is 1. The van der Waals surface area contributed by atoms with Gasteiger partial charge in [-0.3, -0.25) is 9.59 Å². The lowest BCUT2D eigenvalue weighted by Crippen LogP contribution is -2.19. The first-order valence-corrected chi connectivity index (χ1v) is 5.81. The van der Waals surface area contributed by atoms with Gasteiger partial charge >= 0.3 is 5.97 Å². The first kappa shape index (κ1) is 12.9. The molecule has 0 aliphatic rings. The fraction of sp³-hybridized carbons (Fsp3) is 0.143. The molecule has 2 aromatic rings. The number of amides is 1. The summed E-state index contributed by atoms with van der Waals surface area (Å²) < 4.78 is 1.39. The number of anilines is 1. The number of carbonyl (C=O) groups excluding carboxylic acids is 1. The normalized spacial score (nSPS) is 10.2. The second kappa shape index (κ2) is 5.39. The van der Waals surface area contributed by atoms with Gasteiger partial charge in [-0.25, -0.2) is 0 Å². The van der Waals surface area contributed by atoms with Gasteiger partial charge in [0, 0.05) is 11.9 Å². The highest BCUT2D eigenvalue weighted by atomic mass is 16.4. The summed E-state index contributed by atoms with van der Waals surface area (Å²) in [6, 6.07) is 10.6. The molecule has 0 aliphatic carbocycles. The largest absolute Gasteiger partial charge is 0.480 e. The molecule has 2 N–H and O–H groups in total. The van der Waals surface area contributed by atoms with Crippen molar-refractivity contribution in [3.63, 3.8) is 0 Å². The number of benzene rings is 1. The second-order valence-electron chi connectivity index (χ2n) is 4.24. The molecule has 19 heavy (non-hydrogen) atoms. The molecule has 1 heterocycles. The van der Waals surface area contributed by atoms with Gasteiger partial charge in [0.05, 0.1) is 0 Å². The van der Waals surface area contributed by atoms with Crippen LogP contribution in [0, 0.1) is 6.92 Å². The van der Waals surface area contributed by atoms with Crippen LogP contribution in [0.1, 0.15) is 16.1 Å². The number of aliphatic carboxylic acids is 1. The lowest BCUT2D eigenvalue weighted by molar-refractivity contribution is -0.137. The van der Waals surface area contributed by atoms with E-state index in [1.807, 2.05) is 19.1 Å². The van der Waals surface area contributed by atoms with E-state index >= 15 is 0 Å². The number of rotatable bonds is 4. The van der Waals surface area contributed by atoms with Crippen molar-refractivity contribution >= 4 is 17.6 Å². The first-order chi connectivity index (χ1) is 9.06. The van der Waals surface area contributed by atoms with Gasteiger partial charge in [0.15, 0.2) is 0 Å². The summed E-state index contributed by atoms with van der Waals surface area (Å²) in [6.45, 7) is 1.73. The summed E-state index contributed by atoms with van der Waals surface area (Å²) in [7, 11) is 0. The summed E-state index contributed by atoms with van der Waals surface area (Å²) in [5.41, 5.74) is 2.11. The number of hydrogen-bond acceptors (Lipinski definition) is 2. The Kier molecular flexibility index (Phi) is 3.66. The lowest BCUT2D eigenvalue weighted by Gasteiger charge is -2.08. The average molecular weight is 258 g/mol. The van der Waals surface area contributed by atoms with E-state index in [4.69, 9.17) is 5.11 Å². The van der Waals surface area contributed by atoms with Crippen LogP contribution in [-0.2, 0) is 11.3 Å². The number of carboxylic acids is 1. The maximum atomic E-state index is 12.0. The molecule has 0 unspecified atom stereocenters. The zero-order chi connectivity index (χ0) is 13.8. The van der Waals surface area contributed by atoms with Crippen LogP contribution in [0.2, 0.25) is 0 Å². The standard InChI is InChI=1S/C14H14N2O3/c1-10-4-6-11(7-5-10)15-14(19)12-3-2-8-16(12)9-13(17)18/h2-8H,9H2,1H3,(H,15,19)(H,17,18). The van der Waals surface area contributed by atoms with Crippen molar-refractivity contribution in [2.75, 3.05) is 5.32 Å². The Bertz CT molecular complexity index is 599. The predicted octanol–water partition coefficient (Wildman–Crippen LogP) is 2.13. The Morgan fingerprint density at radius 1 is 1.21 bits per heavy atom. The maximum absolute atomic E-state index is 12.0. The minimum Gasteiger partial charge on any atom is -0.480 e. The molecule has 1 aromatic heterocycles. The minimum atomic E-state index is -0.986. The van der Waals surface area contributed by atoms with Crippen LogP contribution < -0.4 is 5.32 Å². The zero-order valence-corrected chi connectivity index (χ0v) is 10.5. The third-order valence-corrected chi connectivity index (χ3v) is 2.68. The molecule has 98 valence electrons.